The van der Waals surface area contributed by atoms with Crippen molar-refractivity contribution in [1.29, 1.82) is 0 Å². The van der Waals surface area contributed by atoms with Crippen molar-refractivity contribution in [2.75, 3.05) is 0 Å². The zero-order valence-corrected chi connectivity index (χ0v) is 20.4. The molecule has 0 radical (unpaired) electrons. The van der Waals surface area contributed by atoms with E-state index < -0.39 is 0 Å². The Labute approximate surface area is 169 Å². The molecule has 0 amide bonds. The second kappa shape index (κ2) is 33.3. The Balaban J connectivity index is -0.0000000573. The van der Waals surface area contributed by atoms with Gasteiger partial charge >= 0.3 is 30.2 Å². The van der Waals surface area contributed by atoms with Crippen LogP contribution in [-0.2, 0) is 23.3 Å². The summed E-state index contributed by atoms with van der Waals surface area (Å²) in [6.45, 7) is 14.1. The Morgan fingerprint density at radius 3 is 1.09 bits per heavy atom. The monoisotopic (exact) mass is 436 g/mol. The Morgan fingerprint density at radius 1 is 0.818 bits per heavy atom. The fourth-order valence-electron chi connectivity index (χ4n) is 1.03. The van der Waals surface area contributed by atoms with Gasteiger partial charge in [0.25, 0.3) is 0 Å². The van der Waals surface area contributed by atoms with Crippen LogP contribution in [0.15, 0.2) is 35.5 Å². The number of halogens is 2. The van der Waals surface area contributed by atoms with Crippen molar-refractivity contribution in [1.82, 2.24) is 0 Å². The molecule has 0 aromatic heterocycles. The van der Waals surface area contributed by atoms with Crippen molar-refractivity contribution < 1.29 is 23.3 Å². The predicted octanol–water partition coefficient (Wildman–Crippen LogP) is 5.78. The molecule has 0 unspecified atom stereocenters. The maximum absolute atomic E-state index is 3.12. The van der Waals surface area contributed by atoms with Gasteiger partial charge in [-0.1, -0.05) is 13.8 Å². The van der Waals surface area contributed by atoms with E-state index in [0.29, 0.717) is 0 Å². The van der Waals surface area contributed by atoms with Crippen LogP contribution in [0.25, 0.3) is 0 Å². The molecule has 0 aromatic rings. The van der Waals surface area contributed by atoms with Crippen molar-refractivity contribution in [3.8, 4) is 0 Å². The van der Waals surface area contributed by atoms with Gasteiger partial charge in [0.1, 0.15) is 0 Å². The normalized spacial score (nSPS) is 11.9. The van der Waals surface area contributed by atoms with Crippen LogP contribution in [0.5, 0.6) is 0 Å². The fraction of sp³-hybridized carbons (Fsp3) is 0.444. The molecule has 0 fully saturated rings. The fourth-order valence-corrected chi connectivity index (χ4v) is 1.03. The van der Waals surface area contributed by atoms with Gasteiger partial charge in [-0.25, -0.2) is 23.3 Å². The first-order chi connectivity index (χ1) is 9.62. The minimum atomic E-state index is 0. The zero-order valence-electron chi connectivity index (χ0n) is 14.9. The van der Waals surface area contributed by atoms with Gasteiger partial charge in [-0.15, -0.1) is 37.7 Å². The molecule has 22 heavy (non-hydrogen) atoms. The van der Waals surface area contributed by atoms with E-state index in [0.717, 1.165) is 12.8 Å². The van der Waals surface area contributed by atoms with E-state index in [1.807, 2.05) is 47.4 Å². The molecule has 0 atom stereocenters. The third kappa shape index (κ3) is 37.1. The van der Waals surface area contributed by atoms with E-state index in [9.17, 15) is 0 Å². The molecule has 0 bridgehead atoms. The summed E-state index contributed by atoms with van der Waals surface area (Å²) < 4.78 is 0. The molecule has 0 saturated carbocycles. The summed E-state index contributed by atoms with van der Waals surface area (Å²) in [6.07, 6.45) is 20.7. The molecule has 0 saturated heterocycles. The predicted molar refractivity (Wildman–Crippen MR) is 107 cm³/mol. The van der Waals surface area contributed by atoms with Gasteiger partial charge in [0.05, 0.1) is 0 Å². The van der Waals surface area contributed by atoms with Gasteiger partial charge in [0.15, 0.2) is 0 Å². The number of rotatable bonds is 0. The second-order valence-electron chi connectivity index (χ2n) is 4.09. The first-order valence-electron chi connectivity index (χ1n) is 6.93. The van der Waals surface area contributed by atoms with E-state index in [4.69, 9.17) is 0 Å². The van der Waals surface area contributed by atoms with E-state index >= 15 is 0 Å². The van der Waals surface area contributed by atoms with Crippen LogP contribution in [0.1, 0.15) is 54.4 Å². The molecule has 130 valence electrons. The number of hydrogen-bond acceptors (Lipinski definition) is 0. The molecule has 0 spiro atoms. The molecule has 0 aromatic carbocycles. The van der Waals surface area contributed by atoms with Gasteiger partial charge in [-0.2, -0.15) is 39.8 Å². The van der Waals surface area contributed by atoms with Crippen molar-refractivity contribution in [3.63, 3.8) is 0 Å². The summed E-state index contributed by atoms with van der Waals surface area (Å²) in [5.41, 5.74) is 2.55. The first kappa shape index (κ1) is 34.1. The molecule has 0 heterocycles. The van der Waals surface area contributed by atoms with Crippen molar-refractivity contribution >= 4 is 31.7 Å². The van der Waals surface area contributed by atoms with E-state index in [1.54, 1.807) is 23.3 Å². The topological polar surface area (TPSA) is 0 Å². The zero-order chi connectivity index (χ0) is 16.2. The molecule has 0 nitrogen and oxygen atoms in total. The van der Waals surface area contributed by atoms with Crippen LogP contribution in [0.3, 0.4) is 0 Å². The van der Waals surface area contributed by atoms with Crippen LogP contribution in [0.2, 0.25) is 0 Å². The summed E-state index contributed by atoms with van der Waals surface area (Å²) in [5.74, 6) is 0. The van der Waals surface area contributed by atoms with Gasteiger partial charge in [-0.05, 0) is 0 Å². The van der Waals surface area contributed by atoms with E-state index in [1.165, 1.54) is 11.1 Å². The van der Waals surface area contributed by atoms with Crippen LogP contribution >= 0.6 is 24.8 Å². The third-order valence-electron chi connectivity index (χ3n) is 1.73. The SMILES string of the molecule is CC1=[C-]CC=C1.CC1=[C-]CC=C1.C[CH-]C.C[CH-]C.Cl.Cl.[SiH2]=[Zr]. The van der Waals surface area contributed by atoms with Crippen LogP contribution < -0.4 is 0 Å². The van der Waals surface area contributed by atoms with Crippen molar-refractivity contribution in [2.45, 2.75) is 54.4 Å². The maximum atomic E-state index is 3.12. The Morgan fingerprint density at radius 2 is 1.05 bits per heavy atom. The summed E-state index contributed by atoms with van der Waals surface area (Å²) in [5, 5.41) is 0. The summed E-state index contributed by atoms with van der Waals surface area (Å²) in [7, 11) is 0. The first-order valence-corrected chi connectivity index (χ1v) is 12.9. The van der Waals surface area contributed by atoms with Crippen LogP contribution in [-0.4, -0.2) is 6.88 Å². The molecule has 0 N–H and O–H groups in total. The Hall–Kier alpha value is 0.640. The van der Waals surface area contributed by atoms with Gasteiger partial charge in [-0.3, -0.25) is 12.2 Å². The van der Waals surface area contributed by atoms with E-state index in [2.05, 4.69) is 50.3 Å². The quantitative estimate of drug-likeness (QED) is 0.332. The Bertz CT molecular complexity index is 273. The third-order valence-corrected chi connectivity index (χ3v) is 1.73. The molecule has 4 heteroatoms. The minimum absolute atomic E-state index is 0. The molecule has 2 rings (SSSR count). The standard InChI is InChI=1S/2C6H7.2C3H7.2ClH.H2Si.Zr/c2*1-6-4-2-3-5-6;2*1-3-2;;;;/h2*2,4H,3H2,1H3;2*3H,1-2H3;2*1H;1H2;/q4*-1;;;;. The summed E-state index contributed by atoms with van der Waals surface area (Å²) in [6, 6.07) is 0. The molecule has 0 aliphatic heterocycles. The summed E-state index contributed by atoms with van der Waals surface area (Å²) >= 11 is 1.58. The van der Waals surface area contributed by atoms with E-state index in [-0.39, 0.29) is 24.8 Å². The summed E-state index contributed by atoms with van der Waals surface area (Å²) in [4.78, 5) is 0. The molecular weight excluding hydrogens is 406 g/mol. The molecular formula is C18H32Cl2SiZr-4. The number of hydrogen-bond donors (Lipinski definition) is 0. The molecule has 2 aliphatic carbocycles. The average Bonchev–Trinajstić information content (AvgIpc) is 3.08. The van der Waals surface area contributed by atoms with Gasteiger partial charge in [0.2, 0.25) is 0 Å². The number of allylic oxidation sites excluding steroid dienone is 8. The van der Waals surface area contributed by atoms with Crippen LogP contribution in [0.4, 0.5) is 0 Å². The second-order valence-corrected chi connectivity index (χ2v) is 4.09. The van der Waals surface area contributed by atoms with Crippen LogP contribution in [0, 0.1) is 25.0 Å². The van der Waals surface area contributed by atoms with Crippen molar-refractivity contribution in [2.24, 2.45) is 0 Å². The van der Waals surface area contributed by atoms with Crippen molar-refractivity contribution in [3.05, 3.63) is 60.4 Å². The average molecular weight is 439 g/mol. The van der Waals surface area contributed by atoms with Gasteiger partial charge < -0.3 is 12.8 Å². The van der Waals surface area contributed by atoms with Gasteiger partial charge in [0, 0.05) is 0 Å². The molecule has 2 aliphatic rings. The Kier molecular flexibility index (Phi) is 51.6.